The highest BCUT2D eigenvalue weighted by molar-refractivity contribution is 6.31. The third-order valence-corrected chi connectivity index (χ3v) is 6.90. The van der Waals surface area contributed by atoms with Crippen molar-refractivity contribution in [3.63, 3.8) is 0 Å². The zero-order chi connectivity index (χ0) is 30.5. The number of rotatable bonds is 9. The molecule has 3 aromatic rings. The summed E-state index contributed by atoms with van der Waals surface area (Å²) in [7, 11) is 0. The Kier molecular flexibility index (Phi) is 10.0. The predicted octanol–water partition coefficient (Wildman–Crippen LogP) is 6.81. The molecule has 41 heavy (non-hydrogen) atoms. The van der Waals surface area contributed by atoms with Crippen molar-refractivity contribution in [2.75, 3.05) is 11.9 Å². The highest BCUT2D eigenvalue weighted by Crippen LogP contribution is 2.29. The van der Waals surface area contributed by atoms with Gasteiger partial charge < -0.3 is 25.8 Å². The normalized spacial score (nSPS) is 12.7. The molecule has 0 radical (unpaired) electrons. The molecule has 0 fully saturated rings. The molecular weight excluding hydrogens is 542 g/mol. The first-order valence-electron chi connectivity index (χ1n) is 13.4. The van der Waals surface area contributed by atoms with Crippen LogP contribution in [0.25, 0.3) is 11.1 Å². The molecule has 0 unspecified atom stereocenters. The highest BCUT2D eigenvalue weighted by atomic mass is 35.5. The number of hydrogen-bond donors (Lipinski definition) is 4. The van der Waals surface area contributed by atoms with Crippen LogP contribution >= 0.6 is 11.6 Å². The molecule has 2 atom stereocenters. The fourth-order valence-electron chi connectivity index (χ4n) is 4.48. The quantitative estimate of drug-likeness (QED) is 0.221. The number of aryl methyl sites for hydroxylation is 3. The van der Waals surface area contributed by atoms with Gasteiger partial charge in [0.1, 0.15) is 11.6 Å². The Balaban J connectivity index is 1.75. The lowest BCUT2D eigenvalue weighted by Gasteiger charge is -2.21. The van der Waals surface area contributed by atoms with E-state index in [1.165, 1.54) is 0 Å². The summed E-state index contributed by atoms with van der Waals surface area (Å²) in [6, 6.07) is 16.5. The van der Waals surface area contributed by atoms with Crippen LogP contribution < -0.4 is 16.0 Å². The van der Waals surface area contributed by atoms with Gasteiger partial charge in [-0.25, -0.2) is 9.59 Å². The number of alkyl carbamates (subject to hydrolysis) is 1. The van der Waals surface area contributed by atoms with Gasteiger partial charge >= 0.3 is 12.1 Å². The monoisotopic (exact) mass is 579 g/mol. The Morgan fingerprint density at radius 3 is 2.17 bits per heavy atom. The second-order valence-corrected chi connectivity index (χ2v) is 11.6. The van der Waals surface area contributed by atoms with Crippen molar-refractivity contribution in [2.24, 2.45) is 0 Å². The van der Waals surface area contributed by atoms with E-state index in [4.69, 9.17) is 16.3 Å². The lowest BCUT2D eigenvalue weighted by atomic mass is 9.94. The molecule has 0 bridgehead atoms. The number of amides is 2. The number of anilines is 1. The van der Waals surface area contributed by atoms with E-state index in [0.717, 1.165) is 33.0 Å². The lowest BCUT2D eigenvalue weighted by molar-refractivity contribution is -0.139. The Labute approximate surface area is 246 Å². The Morgan fingerprint density at radius 2 is 1.59 bits per heavy atom. The van der Waals surface area contributed by atoms with Crippen molar-refractivity contribution < 1.29 is 24.2 Å². The summed E-state index contributed by atoms with van der Waals surface area (Å²) in [5, 5.41) is 18.8. The van der Waals surface area contributed by atoms with Gasteiger partial charge in [-0.15, -0.1) is 0 Å². The van der Waals surface area contributed by atoms with Crippen LogP contribution in [0.3, 0.4) is 0 Å². The summed E-state index contributed by atoms with van der Waals surface area (Å²) in [5.41, 5.74) is 6.05. The van der Waals surface area contributed by atoms with Crippen molar-refractivity contribution in [3.05, 3.63) is 87.4 Å². The van der Waals surface area contributed by atoms with E-state index in [9.17, 15) is 19.5 Å². The average molecular weight is 580 g/mol. The maximum atomic E-state index is 13.1. The Morgan fingerprint density at radius 1 is 0.927 bits per heavy atom. The number of halogens is 1. The molecule has 0 aliphatic heterocycles. The zero-order valence-electron chi connectivity index (χ0n) is 24.5. The number of carboxylic acid groups (broad SMARTS) is 1. The number of carbonyl (C=O) groups is 3. The molecule has 0 aliphatic carbocycles. The van der Waals surface area contributed by atoms with E-state index in [0.29, 0.717) is 16.7 Å². The van der Waals surface area contributed by atoms with Crippen LogP contribution in [0, 0.1) is 20.8 Å². The van der Waals surface area contributed by atoms with Gasteiger partial charge in [0.2, 0.25) is 0 Å². The van der Waals surface area contributed by atoms with Crippen molar-refractivity contribution in [2.45, 2.75) is 66.2 Å². The molecule has 2 amide bonds. The summed E-state index contributed by atoms with van der Waals surface area (Å²) in [4.78, 5) is 36.9. The van der Waals surface area contributed by atoms with Gasteiger partial charge in [-0.05, 0) is 100 Å². The first-order valence-corrected chi connectivity index (χ1v) is 13.8. The van der Waals surface area contributed by atoms with Crippen LogP contribution in [0.2, 0.25) is 5.02 Å². The maximum absolute atomic E-state index is 13.1. The molecule has 0 saturated heterocycles. The van der Waals surface area contributed by atoms with Gasteiger partial charge in [0.25, 0.3) is 5.91 Å². The van der Waals surface area contributed by atoms with Crippen LogP contribution in [0.15, 0.2) is 54.6 Å². The number of hydrogen-bond acceptors (Lipinski definition) is 5. The van der Waals surface area contributed by atoms with Crippen LogP contribution in [-0.4, -0.2) is 41.3 Å². The summed E-state index contributed by atoms with van der Waals surface area (Å²) < 4.78 is 5.15. The SMILES string of the molecule is Cc1cc([C@@H](C)Nc2cccc(-c3cc(C)c(C(=O)N[C@@H](CNC(=O)OC(C)(C)C)C(=O)O)c(C)c3)c2)ccc1Cl. The van der Waals surface area contributed by atoms with Gasteiger partial charge in [0, 0.05) is 22.3 Å². The van der Waals surface area contributed by atoms with E-state index in [-0.39, 0.29) is 12.6 Å². The predicted molar refractivity (Wildman–Crippen MR) is 163 cm³/mol. The van der Waals surface area contributed by atoms with Crippen molar-refractivity contribution >= 4 is 35.3 Å². The minimum atomic E-state index is -1.33. The number of benzene rings is 3. The van der Waals surface area contributed by atoms with E-state index < -0.39 is 29.6 Å². The molecule has 3 rings (SSSR count). The number of carboxylic acids is 1. The first-order chi connectivity index (χ1) is 19.1. The van der Waals surface area contributed by atoms with Gasteiger partial charge in [-0.1, -0.05) is 48.0 Å². The molecule has 0 spiro atoms. The third-order valence-electron chi connectivity index (χ3n) is 6.47. The number of ether oxygens (including phenoxy) is 1. The van der Waals surface area contributed by atoms with Gasteiger partial charge in [0.05, 0.1) is 6.54 Å². The molecule has 3 aromatic carbocycles. The van der Waals surface area contributed by atoms with Gasteiger partial charge in [0.15, 0.2) is 0 Å². The molecule has 4 N–H and O–H groups in total. The van der Waals surface area contributed by atoms with E-state index in [2.05, 4.69) is 35.0 Å². The Hall–Kier alpha value is -4.04. The molecule has 0 heterocycles. The first kappa shape index (κ1) is 31.5. The Bertz CT molecular complexity index is 1420. The summed E-state index contributed by atoms with van der Waals surface area (Å²) in [6.45, 7) is 12.5. The van der Waals surface area contributed by atoms with E-state index >= 15 is 0 Å². The number of nitrogens with one attached hydrogen (secondary N) is 3. The highest BCUT2D eigenvalue weighted by Gasteiger charge is 2.25. The third kappa shape index (κ3) is 8.72. The maximum Gasteiger partial charge on any atom is 0.407 e. The second kappa shape index (κ2) is 13.1. The summed E-state index contributed by atoms with van der Waals surface area (Å²) in [5.74, 6) is -1.80. The minimum Gasteiger partial charge on any atom is -0.480 e. The smallest absolute Gasteiger partial charge is 0.407 e. The van der Waals surface area contributed by atoms with E-state index in [1.54, 1.807) is 20.8 Å². The number of carbonyl (C=O) groups excluding carboxylic acids is 2. The average Bonchev–Trinajstić information content (AvgIpc) is 2.86. The topological polar surface area (TPSA) is 117 Å². The molecule has 0 aliphatic rings. The van der Waals surface area contributed by atoms with Crippen molar-refractivity contribution in [1.82, 2.24) is 10.6 Å². The second-order valence-electron chi connectivity index (χ2n) is 11.2. The molecule has 0 saturated carbocycles. The number of aliphatic carboxylic acids is 1. The minimum absolute atomic E-state index is 0.0581. The van der Waals surface area contributed by atoms with Crippen LogP contribution in [-0.2, 0) is 9.53 Å². The zero-order valence-corrected chi connectivity index (χ0v) is 25.3. The molecular formula is C32H38ClN3O5. The summed E-state index contributed by atoms with van der Waals surface area (Å²) >= 11 is 6.18. The van der Waals surface area contributed by atoms with Gasteiger partial charge in [-0.2, -0.15) is 0 Å². The fraction of sp³-hybridized carbons (Fsp3) is 0.344. The van der Waals surface area contributed by atoms with Crippen LogP contribution in [0.1, 0.15) is 66.3 Å². The van der Waals surface area contributed by atoms with Gasteiger partial charge in [-0.3, -0.25) is 4.79 Å². The molecule has 8 nitrogen and oxygen atoms in total. The van der Waals surface area contributed by atoms with E-state index in [1.807, 2.05) is 63.2 Å². The summed E-state index contributed by atoms with van der Waals surface area (Å²) in [6.07, 6.45) is -0.760. The lowest BCUT2D eigenvalue weighted by Crippen LogP contribution is -2.49. The molecule has 9 heteroatoms. The molecule has 0 aromatic heterocycles. The molecule has 218 valence electrons. The van der Waals surface area contributed by atoms with Crippen LogP contribution in [0.4, 0.5) is 10.5 Å². The largest absolute Gasteiger partial charge is 0.480 e. The van der Waals surface area contributed by atoms with Crippen molar-refractivity contribution in [1.29, 1.82) is 0 Å². The van der Waals surface area contributed by atoms with Crippen LogP contribution in [0.5, 0.6) is 0 Å². The fourth-order valence-corrected chi connectivity index (χ4v) is 4.60. The van der Waals surface area contributed by atoms with Crippen molar-refractivity contribution in [3.8, 4) is 11.1 Å². The standard InChI is InChI=1S/C32H38ClN3O5/c1-18-13-22(11-12-26(18)33)21(4)35-25-10-8-9-23(16-25)24-14-19(2)28(20(3)15-24)29(37)36-27(30(38)39)17-34-31(40)41-32(5,6)7/h8-16,21,27,35H,17H2,1-7H3,(H,34,40)(H,36,37)(H,38,39)/t21-,27+/m1/s1.